The normalized spacial score (nSPS) is 10.5. The van der Waals surface area contributed by atoms with Gasteiger partial charge >= 0.3 is 11.7 Å². The number of aromatic carboxylic acids is 1. The van der Waals surface area contributed by atoms with Gasteiger partial charge in [0.2, 0.25) is 5.76 Å². The average molecular weight is 153 g/mol. The maximum atomic E-state index is 10.3. The van der Waals surface area contributed by atoms with Gasteiger partial charge in [-0.2, -0.15) is 0 Å². The summed E-state index contributed by atoms with van der Waals surface area (Å²) < 4.78 is 9.31. The van der Waals surface area contributed by atoms with E-state index in [9.17, 15) is 4.79 Å². The number of nitrogens with zero attached hydrogens (tertiary/aromatic N) is 1. The molecular formula is C6H3NO4. The minimum Gasteiger partial charge on any atom is -0.475 e. The first-order chi connectivity index (χ1) is 5.27. The van der Waals surface area contributed by atoms with Crippen LogP contribution in [-0.4, -0.2) is 16.2 Å². The van der Waals surface area contributed by atoms with Gasteiger partial charge in [-0.05, 0) is 0 Å². The van der Waals surface area contributed by atoms with Gasteiger partial charge in [-0.3, -0.25) is 0 Å². The Morgan fingerprint density at radius 2 is 2.45 bits per heavy atom. The molecule has 0 bridgehead atoms. The summed E-state index contributed by atoms with van der Waals surface area (Å²) >= 11 is 0. The van der Waals surface area contributed by atoms with Gasteiger partial charge in [0, 0.05) is 6.07 Å². The molecule has 2 aromatic rings. The van der Waals surface area contributed by atoms with E-state index in [0.717, 1.165) is 0 Å². The van der Waals surface area contributed by atoms with Crippen molar-refractivity contribution in [2.45, 2.75) is 0 Å². The van der Waals surface area contributed by atoms with Crippen molar-refractivity contribution in [1.82, 2.24) is 5.16 Å². The minimum absolute atomic E-state index is 0.138. The Balaban J connectivity index is 2.67. The van der Waals surface area contributed by atoms with Crippen LogP contribution in [0.15, 0.2) is 21.2 Å². The van der Waals surface area contributed by atoms with Crippen LogP contribution in [0.4, 0.5) is 0 Å². The average Bonchev–Trinajstić information content (AvgIpc) is 2.40. The van der Waals surface area contributed by atoms with Crippen molar-refractivity contribution in [3.8, 4) is 0 Å². The van der Waals surface area contributed by atoms with Crippen molar-refractivity contribution in [2.75, 3.05) is 0 Å². The lowest BCUT2D eigenvalue weighted by Crippen LogP contribution is -1.91. The van der Waals surface area contributed by atoms with Crippen LogP contribution in [0, 0.1) is 0 Å². The van der Waals surface area contributed by atoms with Crippen LogP contribution < -0.4 is 0 Å². The van der Waals surface area contributed by atoms with Crippen LogP contribution in [0.3, 0.4) is 0 Å². The fraction of sp³-hybridized carbons (Fsp3) is 0. The molecule has 0 aliphatic rings. The molecule has 2 heterocycles. The molecule has 0 atom stereocenters. The summed E-state index contributed by atoms with van der Waals surface area (Å²) in [6.45, 7) is 0. The van der Waals surface area contributed by atoms with Crippen LogP contribution in [0.2, 0.25) is 0 Å². The van der Waals surface area contributed by atoms with E-state index in [0.29, 0.717) is 5.39 Å². The number of rotatable bonds is 1. The lowest BCUT2D eigenvalue weighted by Gasteiger charge is -1.80. The van der Waals surface area contributed by atoms with E-state index in [-0.39, 0.29) is 11.5 Å². The van der Waals surface area contributed by atoms with Crippen molar-refractivity contribution in [3.05, 3.63) is 18.0 Å². The summed E-state index contributed by atoms with van der Waals surface area (Å²) in [6.07, 6.45) is 1.39. The quantitative estimate of drug-likeness (QED) is 0.664. The second-order valence-corrected chi connectivity index (χ2v) is 1.98. The lowest BCUT2D eigenvalue weighted by molar-refractivity contribution is 0.0662. The Morgan fingerprint density at radius 1 is 1.64 bits per heavy atom. The molecule has 0 aliphatic carbocycles. The predicted molar refractivity (Wildman–Crippen MR) is 33.2 cm³/mol. The molecule has 0 aromatic carbocycles. The Kier molecular flexibility index (Phi) is 1.00. The summed E-state index contributed by atoms with van der Waals surface area (Å²) in [6, 6.07) is 1.36. The Morgan fingerprint density at radius 3 is 3.09 bits per heavy atom. The van der Waals surface area contributed by atoms with Gasteiger partial charge in [-0.15, -0.1) is 0 Å². The highest BCUT2D eigenvalue weighted by molar-refractivity contribution is 5.89. The van der Waals surface area contributed by atoms with Gasteiger partial charge in [0.1, 0.15) is 0 Å². The molecule has 0 aliphatic heterocycles. The van der Waals surface area contributed by atoms with Crippen LogP contribution in [0.1, 0.15) is 10.6 Å². The third kappa shape index (κ3) is 0.778. The first-order valence-electron chi connectivity index (χ1n) is 2.85. The summed E-state index contributed by atoms with van der Waals surface area (Å²) in [7, 11) is 0. The molecule has 5 nitrogen and oxygen atoms in total. The van der Waals surface area contributed by atoms with E-state index in [1.807, 2.05) is 0 Å². The molecule has 0 radical (unpaired) electrons. The van der Waals surface area contributed by atoms with Crippen molar-refractivity contribution < 1.29 is 18.8 Å². The molecule has 0 unspecified atom stereocenters. The topological polar surface area (TPSA) is 76.5 Å². The van der Waals surface area contributed by atoms with Crippen LogP contribution >= 0.6 is 0 Å². The molecule has 1 N–H and O–H groups in total. The summed E-state index contributed by atoms with van der Waals surface area (Å²) in [5.74, 6) is -1.11. The van der Waals surface area contributed by atoms with Crippen LogP contribution in [0.5, 0.6) is 0 Å². The highest BCUT2D eigenvalue weighted by atomic mass is 16.5. The molecule has 0 spiro atoms. The van der Waals surface area contributed by atoms with Gasteiger partial charge in [-0.25, -0.2) is 4.79 Å². The Bertz CT molecular complexity index is 371. The molecule has 56 valence electrons. The van der Waals surface area contributed by atoms with Crippen LogP contribution in [-0.2, 0) is 0 Å². The van der Waals surface area contributed by atoms with E-state index in [4.69, 9.17) is 9.52 Å². The molecule has 0 fully saturated rings. The fourth-order valence-electron chi connectivity index (χ4n) is 0.786. The zero-order valence-corrected chi connectivity index (χ0v) is 5.27. The fourth-order valence-corrected chi connectivity index (χ4v) is 0.786. The highest BCUT2D eigenvalue weighted by Crippen LogP contribution is 2.17. The Labute approximate surface area is 60.2 Å². The zero-order valence-electron chi connectivity index (χ0n) is 5.27. The first kappa shape index (κ1) is 5.96. The number of carboxylic acid groups (broad SMARTS) is 1. The van der Waals surface area contributed by atoms with E-state index in [2.05, 4.69) is 9.68 Å². The molecule has 2 aromatic heterocycles. The number of hydrogen-bond donors (Lipinski definition) is 1. The number of aromatic nitrogens is 1. The van der Waals surface area contributed by atoms with Crippen LogP contribution in [0.25, 0.3) is 11.2 Å². The van der Waals surface area contributed by atoms with E-state index < -0.39 is 5.97 Å². The second-order valence-electron chi connectivity index (χ2n) is 1.98. The third-order valence-corrected chi connectivity index (χ3v) is 1.26. The summed E-state index contributed by atoms with van der Waals surface area (Å²) in [5, 5.41) is 12.4. The maximum Gasteiger partial charge on any atom is 0.371 e. The largest absolute Gasteiger partial charge is 0.475 e. The smallest absolute Gasteiger partial charge is 0.371 e. The van der Waals surface area contributed by atoms with Gasteiger partial charge in [0.05, 0.1) is 11.6 Å². The lowest BCUT2D eigenvalue weighted by atomic mass is 10.4. The number of carbonyl (C=O) groups is 1. The van der Waals surface area contributed by atoms with E-state index in [1.54, 1.807) is 0 Å². The molecule has 5 heteroatoms. The van der Waals surface area contributed by atoms with E-state index in [1.165, 1.54) is 12.3 Å². The monoisotopic (exact) mass is 153 g/mol. The Hall–Kier alpha value is -1.78. The first-order valence-corrected chi connectivity index (χ1v) is 2.85. The van der Waals surface area contributed by atoms with Crippen molar-refractivity contribution in [1.29, 1.82) is 0 Å². The number of fused-ring (bicyclic) bond motifs is 1. The van der Waals surface area contributed by atoms with E-state index >= 15 is 0 Å². The van der Waals surface area contributed by atoms with Crippen molar-refractivity contribution in [2.24, 2.45) is 0 Å². The highest BCUT2D eigenvalue weighted by Gasteiger charge is 2.12. The second kappa shape index (κ2) is 1.85. The minimum atomic E-state index is -1.11. The molecule has 0 amide bonds. The van der Waals surface area contributed by atoms with Gasteiger partial charge in [0.25, 0.3) is 0 Å². The summed E-state index contributed by atoms with van der Waals surface area (Å²) in [4.78, 5) is 10.3. The summed E-state index contributed by atoms with van der Waals surface area (Å²) in [5.41, 5.74) is 0. The molecule has 2 rings (SSSR count). The number of hydrogen-bond acceptors (Lipinski definition) is 4. The molecular weight excluding hydrogens is 150 g/mol. The van der Waals surface area contributed by atoms with Crippen molar-refractivity contribution >= 4 is 17.1 Å². The predicted octanol–water partition coefficient (Wildman–Crippen LogP) is 1.12. The SMILES string of the molecule is O=C(O)c1cc2cnoc2o1. The number of carboxylic acids is 1. The molecule has 11 heavy (non-hydrogen) atoms. The molecule has 0 saturated heterocycles. The standard InChI is InChI=1S/C6H3NO4/c8-5(9)4-1-3-2-7-11-6(3)10-4/h1-2H,(H,8,9). The molecule has 0 saturated carbocycles. The van der Waals surface area contributed by atoms with Gasteiger partial charge < -0.3 is 14.0 Å². The third-order valence-electron chi connectivity index (χ3n) is 1.26. The zero-order chi connectivity index (χ0) is 7.84. The maximum absolute atomic E-state index is 10.3. The van der Waals surface area contributed by atoms with Gasteiger partial charge in [0.15, 0.2) is 0 Å². The van der Waals surface area contributed by atoms with Crippen molar-refractivity contribution in [3.63, 3.8) is 0 Å². The van der Waals surface area contributed by atoms with Gasteiger partial charge in [-0.1, -0.05) is 5.16 Å². The number of furan rings is 1.